The van der Waals surface area contributed by atoms with Crippen LogP contribution in [-0.2, 0) is 16.4 Å². The standard InChI is InChI=1S/C19H23ClN2O3S/c1-22(2)26(24,25)17-11-7-10-16(14-17)19(23)21-13-6-5-9-15-8-3-4-12-18(15)20/h3-4,7-8,10-12,14H,5-6,9,13H2,1-2H3,(H,21,23). The average Bonchev–Trinajstić information content (AvgIpc) is 2.62. The van der Waals surface area contributed by atoms with Gasteiger partial charge in [0.15, 0.2) is 0 Å². The van der Waals surface area contributed by atoms with Crippen LogP contribution in [0.4, 0.5) is 0 Å². The Bertz CT molecular complexity index is 867. The maximum absolute atomic E-state index is 12.2. The maximum Gasteiger partial charge on any atom is 0.251 e. The monoisotopic (exact) mass is 394 g/mol. The van der Waals surface area contributed by atoms with Crippen molar-refractivity contribution in [2.75, 3.05) is 20.6 Å². The zero-order valence-electron chi connectivity index (χ0n) is 14.9. The second-order valence-electron chi connectivity index (χ2n) is 6.12. The van der Waals surface area contributed by atoms with Crippen LogP contribution < -0.4 is 5.32 Å². The SMILES string of the molecule is CN(C)S(=O)(=O)c1cccc(C(=O)NCCCCc2ccccc2Cl)c1. The molecule has 0 atom stereocenters. The summed E-state index contributed by atoms with van der Waals surface area (Å²) in [4.78, 5) is 12.3. The minimum Gasteiger partial charge on any atom is -0.352 e. The Kier molecular flexibility index (Phi) is 7.20. The molecule has 1 amide bonds. The van der Waals surface area contributed by atoms with Gasteiger partial charge in [-0.05, 0) is 49.1 Å². The molecule has 0 unspecified atom stereocenters. The number of amides is 1. The fourth-order valence-corrected chi connectivity index (χ4v) is 3.63. The van der Waals surface area contributed by atoms with Gasteiger partial charge in [-0.2, -0.15) is 0 Å². The lowest BCUT2D eigenvalue weighted by molar-refractivity contribution is 0.0953. The highest BCUT2D eigenvalue weighted by Gasteiger charge is 2.18. The van der Waals surface area contributed by atoms with Crippen LogP contribution in [0.15, 0.2) is 53.4 Å². The van der Waals surface area contributed by atoms with E-state index in [1.54, 1.807) is 12.1 Å². The smallest absolute Gasteiger partial charge is 0.251 e. The number of carbonyl (C=O) groups excluding carboxylic acids is 1. The lowest BCUT2D eigenvalue weighted by atomic mass is 10.1. The number of unbranched alkanes of at least 4 members (excludes halogenated alkanes) is 1. The van der Waals surface area contributed by atoms with E-state index >= 15 is 0 Å². The van der Waals surface area contributed by atoms with Crippen LogP contribution in [0.2, 0.25) is 5.02 Å². The number of rotatable bonds is 8. The number of nitrogens with one attached hydrogen (secondary N) is 1. The molecule has 5 nitrogen and oxygen atoms in total. The summed E-state index contributed by atoms with van der Waals surface area (Å²) in [5.74, 6) is -0.279. The predicted molar refractivity (Wildman–Crippen MR) is 104 cm³/mol. The summed E-state index contributed by atoms with van der Waals surface area (Å²) in [6.07, 6.45) is 2.57. The van der Waals surface area contributed by atoms with Crippen LogP contribution in [0, 0.1) is 0 Å². The number of hydrogen-bond donors (Lipinski definition) is 1. The molecule has 0 aliphatic heterocycles. The Balaban J connectivity index is 1.86. The molecule has 0 bridgehead atoms. The van der Waals surface area contributed by atoms with E-state index in [1.807, 2.05) is 24.3 Å². The normalized spacial score (nSPS) is 11.5. The third-order valence-electron chi connectivity index (χ3n) is 3.99. The number of aryl methyl sites for hydroxylation is 1. The van der Waals surface area contributed by atoms with Crippen molar-refractivity contribution in [3.05, 3.63) is 64.7 Å². The van der Waals surface area contributed by atoms with Gasteiger partial charge in [0.2, 0.25) is 10.0 Å². The summed E-state index contributed by atoms with van der Waals surface area (Å²) in [7, 11) is -0.637. The van der Waals surface area contributed by atoms with Gasteiger partial charge in [-0.3, -0.25) is 4.79 Å². The summed E-state index contributed by atoms with van der Waals surface area (Å²) in [6.45, 7) is 0.522. The lowest BCUT2D eigenvalue weighted by Gasteiger charge is -2.12. The Morgan fingerprint density at radius 2 is 1.81 bits per heavy atom. The largest absolute Gasteiger partial charge is 0.352 e. The fourth-order valence-electron chi connectivity index (χ4n) is 2.45. The second kappa shape index (κ2) is 9.16. The van der Waals surface area contributed by atoms with Crippen molar-refractivity contribution >= 4 is 27.5 Å². The molecule has 0 radical (unpaired) electrons. The average molecular weight is 395 g/mol. The van der Waals surface area contributed by atoms with Crippen LogP contribution >= 0.6 is 11.6 Å². The van der Waals surface area contributed by atoms with Gasteiger partial charge in [-0.25, -0.2) is 12.7 Å². The quantitative estimate of drug-likeness (QED) is 0.698. The number of carbonyl (C=O) groups is 1. The van der Waals surface area contributed by atoms with Gasteiger partial charge in [-0.1, -0.05) is 35.9 Å². The molecule has 0 aliphatic rings. The third kappa shape index (κ3) is 5.30. The van der Waals surface area contributed by atoms with Crippen molar-refractivity contribution in [3.8, 4) is 0 Å². The van der Waals surface area contributed by atoms with Crippen LogP contribution in [0.3, 0.4) is 0 Å². The van der Waals surface area contributed by atoms with E-state index in [0.717, 1.165) is 34.2 Å². The van der Waals surface area contributed by atoms with E-state index < -0.39 is 10.0 Å². The summed E-state index contributed by atoms with van der Waals surface area (Å²) < 4.78 is 25.4. The number of benzene rings is 2. The van der Waals surface area contributed by atoms with Crippen molar-refractivity contribution in [1.82, 2.24) is 9.62 Å². The van der Waals surface area contributed by atoms with Gasteiger partial charge in [-0.15, -0.1) is 0 Å². The first-order valence-electron chi connectivity index (χ1n) is 8.36. The topological polar surface area (TPSA) is 66.5 Å². The minimum absolute atomic E-state index is 0.105. The second-order valence-corrected chi connectivity index (χ2v) is 8.68. The molecular weight excluding hydrogens is 372 g/mol. The van der Waals surface area contributed by atoms with Crippen molar-refractivity contribution in [1.29, 1.82) is 0 Å². The molecule has 2 aromatic carbocycles. The molecule has 0 saturated carbocycles. The fraction of sp³-hybridized carbons (Fsp3) is 0.316. The van der Waals surface area contributed by atoms with Gasteiger partial charge >= 0.3 is 0 Å². The van der Waals surface area contributed by atoms with Crippen molar-refractivity contribution < 1.29 is 13.2 Å². The Morgan fingerprint density at radius 1 is 1.08 bits per heavy atom. The molecule has 0 saturated heterocycles. The molecule has 7 heteroatoms. The Morgan fingerprint density at radius 3 is 2.50 bits per heavy atom. The Hall–Kier alpha value is -1.89. The molecular formula is C19H23ClN2O3S. The highest BCUT2D eigenvalue weighted by Crippen LogP contribution is 2.17. The van der Waals surface area contributed by atoms with Gasteiger partial charge in [0, 0.05) is 31.2 Å². The van der Waals surface area contributed by atoms with E-state index in [1.165, 1.54) is 26.2 Å². The van der Waals surface area contributed by atoms with Crippen molar-refractivity contribution in [2.45, 2.75) is 24.2 Å². The van der Waals surface area contributed by atoms with E-state index in [2.05, 4.69) is 5.32 Å². The van der Waals surface area contributed by atoms with Crippen LogP contribution in [0.1, 0.15) is 28.8 Å². The molecule has 0 aliphatic carbocycles. The third-order valence-corrected chi connectivity index (χ3v) is 6.17. The number of hydrogen-bond acceptors (Lipinski definition) is 3. The van der Waals surface area contributed by atoms with Gasteiger partial charge in [0.1, 0.15) is 0 Å². The minimum atomic E-state index is -3.56. The first kappa shape index (κ1) is 20.4. The highest BCUT2D eigenvalue weighted by molar-refractivity contribution is 7.89. The molecule has 140 valence electrons. The molecule has 1 N–H and O–H groups in total. The molecule has 0 aromatic heterocycles. The lowest BCUT2D eigenvalue weighted by Crippen LogP contribution is -2.26. The molecule has 0 spiro atoms. The van der Waals surface area contributed by atoms with Gasteiger partial charge in [0.25, 0.3) is 5.91 Å². The number of sulfonamides is 1. The molecule has 26 heavy (non-hydrogen) atoms. The number of halogens is 1. The maximum atomic E-state index is 12.2. The molecule has 2 aromatic rings. The predicted octanol–water partition coefficient (Wildman–Crippen LogP) is 3.34. The number of nitrogens with zero attached hydrogens (tertiary/aromatic N) is 1. The summed E-state index contributed by atoms with van der Waals surface area (Å²) in [5.41, 5.74) is 1.43. The summed E-state index contributed by atoms with van der Waals surface area (Å²) in [6, 6.07) is 13.8. The van der Waals surface area contributed by atoms with Gasteiger partial charge < -0.3 is 5.32 Å². The first-order chi connectivity index (χ1) is 12.3. The molecule has 0 heterocycles. The first-order valence-corrected chi connectivity index (χ1v) is 10.2. The zero-order valence-corrected chi connectivity index (χ0v) is 16.5. The van der Waals surface area contributed by atoms with E-state index in [9.17, 15) is 13.2 Å². The highest BCUT2D eigenvalue weighted by atomic mass is 35.5. The van der Waals surface area contributed by atoms with Crippen molar-refractivity contribution in [2.24, 2.45) is 0 Å². The molecule has 0 fully saturated rings. The van der Waals surface area contributed by atoms with Crippen molar-refractivity contribution in [3.63, 3.8) is 0 Å². The van der Waals surface area contributed by atoms with E-state index in [4.69, 9.17) is 11.6 Å². The van der Waals surface area contributed by atoms with Crippen LogP contribution in [0.5, 0.6) is 0 Å². The summed E-state index contributed by atoms with van der Waals surface area (Å²) >= 11 is 6.12. The van der Waals surface area contributed by atoms with Gasteiger partial charge in [0.05, 0.1) is 4.90 Å². The van der Waals surface area contributed by atoms with Crippen LogP contribution in [-0.4, -0.2) is 39.3 Å². The molecule has 2 rings (SSSR count). The van der Waals surface area contributed by atoms with E-state index in [-0.39, 0.29) is 10.8 Å². The zero-order chi connectivity index (χ0) is 19.2. The van der Waals surface area contributed by atoms with E-state index in [0.29, 0.717) is 12.1 Å². The summed E-state index contributed by atoms with van der Waals surface area (Å²) in [5, 5.41) is 3.59. The van der Waals surface area contributed by atoms with Crippen LogP contribution in [0.25, 0.3) is 0 Å². The Labute approximate surface area is 160 Å².